The van der Waals surface area contributed by atoms with Crippen molar-refractivity contribution in [3.8, 4) is 0 Å². The molecular formula is C7H7BrCl2N+. The van der Waals surface area contributed by atoms with E-state index in [2.05, 4.69) is 21.7 Å². The first-order valence-corrected chi connectivity index (χ1v) is 4.55. The van der Waals surface area contributed by atoms with Gasteiger partial charge in [-0.05, 0) is 22.9 Å². The number of hydrogen-bond acceptors (Lipinski definition) is 0. The van der Waals surface area contributed by atoms with Crippen molar-refractivity contribution in [1.29, 1.82) is 0 Å². The second-order valence-corrected chi connectivity index (χ2v) is 3.85. The van der Waals surface area contributed by atoms with E-state index in [1.165, 1.54) is 0 Å². The van der Waals surface area contributed by atoms with E-state index in [0.29, 0.717) is 10.0 Å². The molecule has 1 nitrogen and oxygen atoms in total. The molecule has 1 rings (SSSR count). The van der Waals surface area contributed by atoms with Crippen molar-refractivity contribution >= 4 is 44.8 Å². The summed E-state index contributed by atoms with van der Waals surface area (Å²) in [6.07, 6.45) is 0. The van der Waals surface area contributed by atoms with Gasteiger partial charge in [-0.2, -0.15) is 0 Å². The smallest absolute Gasteiger partial charge is 0.133 e. The fourth-order valence-corrected chi connectivity index (χ4v) is 1.74. The first-order valence-electron chi connectivity index (χ1n) is 3.00. The van der Waals surface area contributed by atoms with Gasteiger partial charge in [0.05, 0.1) is 10.0 Å². The molecule has 0 atom stereocenters. The van der Waals surface area contributed by atoms with Crippen LogP contribution in [0.4, 0.5) is 5.69 Å². The average molecular weight is 256 g/mol. The predicted molar refractivity (Wildman–Crippen MR) is 51.4 cm³/mol. The minimum atomic E-state index is 0.536. The van der Waals surface area contributed by atoms with E-state index < -0.39 is 0 Å². The van der Waals surface area contributed by atoms with Crippen LogP contribution < -0.4 is 5.73 Å². The maximum atomic E-state index is 5.85. The maximum Gasteiger partial charge on any atom is 0.133 e. The van der Waals surface area contributed by atoms with Crippen LogP contribution in [0.25, 0.3) is 0 Å². The van der Waals surface area contributed by atoms with E-state index in [4.69, 9.17) is 23.2 Å². The zero-order chi connectivity index (χ0) is 8.59. The summed E-state index contributed by atoms with van der Waals surface area (Å²) in [5.41, 5.74) is 5.73. The minimum Gasteiger partial charge on any atom is -0.325 e. The number of hydrogen-bond donors (Lipinski definition) is 1. The van der Waals surface area contributed by atoms with Crippen LogP contribution in [0.3, 0.4) is 0 Å². The molecule has 0 spiro atoms. The van der Waals surface area contributed by atoms with Crippen molar-refractivity contribution in [2.24, 2.45) is 0 Å². The van der Waals surface area contributed by atoms with Gasteiger partial charge in [0.1, 0.15) is 5.69 Å². The monoisotopic (exact) mass is 254 g/mol. The molecule has 3 N–H and O–H groups in total. The van der Waals surface area contributed by atoms with Crippen LogP contribution in [0.15, 0.2) is 10.5 Å². The Kier molecular flexibility index (Phi) is 2.81. The summed E-state index contributed by atoms with van der Waals surface area (Å²) in [5.74, 6) is 0. The van der Waals surface area contributed by atoms with Crippen molar-refractivity contribution < 1.29 is 5.73 Å². The molecule has 0 saturated carbocycles. The van der Waals surface area contributed by atoms with Crippen molar-refractivity contribution in [3.05, 3.63) is 26.1 Å². The normalized spacial score (nSPS) is 10.3. The topological polar surface area (TPSA) is 27.6 Å². The Morgan fingerprint density at radius 1 is 1.45 bits per heavy atom. The first-order chi connectivity index (χ1) is 5.04. The molecule has 0 unspecified atom stereocenters. The van der Waals surface area contributed by atoms with Crippen LogP contribution in [-0.4, -0.2) is 0 Å². The Labute approximate surface area is 83.6 Å². The van der Waals surface area contributed by atoms with Gasteiger partial charge < -0.3 is 5.73 Å². The van der Waals surface area contributed by atoms with Gasteiger partial charge in [0, 0.05) is 16.1 Å². The molecular weight excluding hydrogens is 249 g/mol. The third-order valence-corrected chi connectivity index (χ3v) is 3.52. The third kappa shape index (κ3) is 1.70. The zero-order valence-corrected chi connectivity index (χ0v) is 9.02. The van der Waals surface area contributed by atoms with E-state index in [0.717, 1.165) is 15.7 Å². The van der Waals surface area contributed by atoms with Gasteiger partial charge in [-0.25, -0.2) is 0 Å². The molecule has 11 heavy (non-hydrogen) atoms. The van der Waals surface area contributed by atoms with Crippen LogP contribution >= 0.6 is 39.1 Å². The molecule has 0 aliphatic carbocycles. The van der Waals surface area contributed by atoms with Crippen LogP contribution in [0.1, 0.15) is 5.56 Å². The lowest BCUT2D eigenvalue weighted by molar-refractivity contribution is -0.255. The van der Waals surface area contributed by atoms with Gasteiger partial charge in [0.15, 0.2) is 0 Å². The second kappa shape index (κ2) is 3.31. The maximum absolute atomic E-state index is 5.85. The Balaban J connectivity index is 3.46. The van der Waals surface area contributed by atoms with E-state index in [9.17, 15) is 0 Å². The number of halogens is 3. The van der Waals surface area contributed by atoms with Gasteiger partial charge in [0.25, 0.3) is 0 Å². The van der Waals surface area contributed by atoms with Gasteiger partial charge in [-0.15, -0.1) is 0 Å². The third-order valence-electron chi connectivity index (χ3n) is 1.51. The summed E-state index contributed by atoms with van der Waals surface area (Å²) in [5, 5.41) is 1.09. The minimum absolute atomic E-state index is 0.536. The average Bonchev–Trinajstić information content (AvgIpc) is 1.97. The highest BCUT2D eigenvalue weighted by atomic mass is 79.9. The molecule has 4 heteroatoms. The van der Waals surface area contributed by atoms with Gasteiger partial charge in [-0.1, -0.05) is 23.2 Å². The highest BCUT2D eigenvalue weighted by Gasteiger charge is 2.10. The van der Waals surface area contributed by atoms with Crippen molar-refractivity contribution in [1.82, 2.24) is 0 Å². The molecule has 0 aromatic heterocycles. The van der Waals surface area contributed by atoms with Crippen molar-refractivity contribution in [2.45, 2.75) is 6.92 Å². The zero-order valence-electron chi connectivity index (χ0n) is 5.92. The molecule has 0 fully saturated rings. The molecule has 60 valence electrons. The Morgan fingerprint density at radius 3 is 2.55 bits per heavy atom. The Hall–Kier alpha value is 0.240. The summed E-state index contributed by atoms with van der Waals surface area (Å²) in [6, 6.07) is 1.75. The molecule has 0 bridgehead atoms. The highest BCUT2D eigenvalue weighted by molar-refractivity contribution is 9.10. The van der Waals surface area contributed by atoms with Gasteiger partial charge in [-0.3, -0.25) is 0 Å². The lowest BCUT2D eigenvalue weighted by Crippen LogP contribution is -2.41. The lowest BCUT2D eigenvalue weighted by atomic mass is 10.2. The van der Waals surface area contributed by atoms with Crippen LogP contribution in [0.2, 0.25) is 10.0 Å². The van der Waals surface area contributed by atoms with E-state index >= 15 is 0 Å². The van der Waals surface area contributed by atoms with Crippen molar-refractivity contribution in [2.75, 3.05) is 0 Å². The van der Waals surface area contributed by atoms with Gasteiger partial charge in [0.2, 0.25) is 0 Å². The largest absolute Gasteiger partial charge is 0.325 e. The van der Waals surface area contributed by atoms with Crippen LogP contribution in [0.5, 0.6) is 0 Å². The summed E-state index contributed by atoms with van der Waals surface area (Å²) in [4.78, 5) is 0. The fraction of sp³-hybridized carbons (Fsp3) is 0.143. The van der Waals surface area contributed by atoms with E-state index in [-0.39, 0.29) is 0 Å². The summed E-state index contributed by atoms with van der Waals surface area (Å²) < 4.78 is 0.830. The molecule has 0 radical (unpaired) electrons. The van der Waals surface area contributed by atoms with E-state index in [1.807, 2.05) is 6.92 Å². The SMILES string of the molecule is Cc1c([NH3+])cc(Cl)c(Cl)c1Br. The molecule has 1 aromatic carbocycles. The number of rotatable bonds is 0. The quantitative estimate of drug-likeness (QED) is 0.691. The Morgan fingerprint density at radius 2 is 2.00 bits per heavy atom. The molecule has 0 heterocycles. The number of quaternary nitrogens is 1. The molecule has 0 aliphatic rings. The molecule has 0 saturated heterocycles. The summed E-state index contributed by atoms with van der Waals surface area (Å²) in [7, 11) is 0. The van der Waals surface area contributed by atoms with Crippen molar-refractivity contribution in [3.63, 3.8) is 0 Å². The number of benzene rings is 1. The molecule has 0 amide bonds. The standard InChI is InChI=1S/C7H6BrCl2N/c1-3-5(11)2-4(9)7(10)6(3)8/h2H,11H2,1H3/p+1. The summed E-state index contributed by atoms with van der Waals surface area (Å²) in [6.45, 7) is 1.94. The molecule has 0 aliphatic heterocycles. The molecule has 1 aromatic rings. The first kappa shape index (κ1) is 9.33. The fourth-order valence-electron chi connectivity index (χ4n) is 0.735. The van der Waals surface area contributed by atoms with Crippen LogP contribution in [0, 0.1) is 6.92 Å². The lowest BCUT2D eigenvalue weighted by Gasteiger charge is -2.03. The Bertz CT molecular complexity index is 273. The summed E-state index contributed by atoms with van der Waals surface area (Å²) >= 11 is 15.0. The van der Waals surface area contributed by atoms with E-state index in [1.54, 1.807) is 6.07 Å². The van der Waals surface area contributed by atoms with Crippen LogP contribution in [-0.2, 0) is 0 Å². The second-order valence-electron chi connectivity index (χ2n) is 2.27. The van der Waals surface area contributed by atoms with Gasteiger partial charge >= 0.3 is 0 Å². The highest BCUT2D eigenvalue weighted by Crippen LogP contribution is 2.35. The predicted octanol–water partition coefficient (Wildman–Crippen LogP) is 2.94.